The highest BCUT2D eigenvalue weighted by molar-refractivity contribution is 6.31. The molecule has 0 aliphatic heterocycles. The molecule has 0 aromatic heterocycles. The second-order valence-corrected chi connectivity index (χ2v) is 6.08. The monoisotopic (exact) mass is 349 g/mol. The molecule has 0 heterocycles. The minimum atomic E-state index is -0.454. The Balaban J connectivity index is 1.96. The summed E-state index contributed by atoms with van der Waals surface area (Å²) < 4.78 is 5.55. The highest BCUT2D eigenvalue weighted by Crippen LogP contribution is 2.25. The lowest BCUT2D eigenvalue weighted by Crippen LogP contribution is -2.12. The Bertz CT molecular complexity index is 936. The standard InChI is InChI=1S/C21H16ClNO2/c1-14-10-11-19(25-21(24)15-6-3-2-4-7-15)18(12-14)20(23)16-8-5-9-17(22)13-16/h2-13,23H,1H3. The smallest absolute Gasteiger partial charge is 0.343 e. The summed E-state index contributed by atoms with van der Waals surface area (Å²) in [6.07, 6.45) is 0. The molecule has 1 N–H and O–H groups in total. The number of carbonyl (C=O) groups excluding carboxylic acids is 1. The maximum atomic E-state index is 12.4. The van der Waals surface area contributed by atoms with Gasteiger partial charge in [-0.05, 0) is 43.3 Å². The van der Waals surface area contributed by atoms with Gasteiger partial charge < -0.3 is 4.74 Å². The molecule has 0 saturated carbocycles. The molecule has 3 rings (SSSR count). The molecule has 4 heteroatoms. The Morgan fingerprint density at radius 3 is 2.36 bits per heavy atom. The van der Waals surface area contributed by atoms with Crippen LogP contribution in [0.1, 0.15) is 27.0 Å². The number of nitrogens with one attached hydrogen (secondary N) is 1. The summed E-state index contributed by atoms with van der Waals surface area (Å²) in [6.45, 7) is 1.93. The molecule has 3 aromatic rings. The molecule has 0 radical (unpaired) electrons. The van der Waals surface area contributed by atoms with E-state index in [-0.39, 0.29) is 5.71 Å². The van der Waals surface area contributed by atoms with Crippen LogP contribution >= 0.6 is 11.6 Å². The van der Waals surface area contributed by atoms with Crippen LogP contribution in [0.2, 0.25) is 5.02 Å². The van der Waals surface area contributed by atoms with Crippen LogP contribution in [0.5, 0.6) is 5.75 Å². The molecule has 124 valence electrons. The summed E-state index contributed by atoms with van der Waals surface area (Å²) in [6, 6.07) is 21.2. The highest BCUT2D eigenvalue weighted by atomic mass is 35.5. The van der Waals surface area contributed by atoms with Crippen molar-refractivity contribution < 1.29 is 9.53 Å². The Morgan fingerprint density at radius 2 is 1.64 bits per heavy atom. The van der Waals surface area contributed by atoms with Gasteiger partial charge in [0.2, 0.25) is 0 Å². The average Bonchev–Trinajstić information content (AvgIpc) is 2.63. The molecule has 0 atom stereocenters. The fraction of sp³-hybridized carbons (Fsp3) is 0.0476. The van der Waals surface area contributed by atoms with Crippen LogP contribution < -0.4 is 4.74 Å². The lowest BCUT2D eigenvalue weighted by Gasteiger charge is -2.12. The van der Waals surface area contributed by atoms with Gasteiger partial charge in [-0.1, -0.05) is 53.6 Å². The van der Waals surface area contributed by atoms with Gasteiger partial charge in [0.05, 0.1) is 11.3 Å². The fourth-order valence-electron chi connectivity index (χ4n) is 2.46. The Hall–Kier alpha value is -2.91. The van der Waals surface area contributed by atoms with Crippen molar-refractivity contribution in [2.24, 2.45) is 0 Å². The van der Waals surface area contributed by atoms with Crippen LogP contribution in [-0.4, -0.2) is 11.7 Å². The van der Waals surface area contributed by atoms with Crippen LogP contribution in [0.4, 0.5) is 0 Å². The number of rotatable bonds is 4. The second kappa shape index (κ2) is 7.32. The van der Waals surface area contributed by atoms with Crippen LogP contribution in [0.15, 0.2) is 72.8 Å². The zero-order valence-electron chi connectivity index (χ0n) is 13.6. The van der Waals surface area contributed by atoms with E-state index >= 15 is 0 Å². The first-order chi connectivity index (χ1) is 12.0. The number of esters is 1. The van der Waals surface area contributed by atoms with Gasteiger partial charge >= 0.3 is 5.97 Å². The van der Waals surface area contributed by atoms with Gasteiger partial charge in [0.25, 0.3) is 0 Å². The maximum Gasteiger partial charge on any atom is 0.343 e. The lowest BCUT2D eigenvalue weighted by atomic mass is 10.00. The molecule has 0 amide bonds. The first-order valence-corrected chi connectivity index (χ1v) is 8.15. The Labute approximate surface area is 151 Å². The number of carbonyl (C=O) groups is 1. The summed E-state index contributed by atoms with van der Waals surface area (Å²) in [5.41, 5.74) is 2.90. The quantitative estimate of drug-likeness (QED) is 0.395. The van der Waals surface area contributed by atoms with E-state index in [1.165, 1.54) is 0 Å². The molecule has 0 bridgehead atoms. The third kappa shape index (κ3) is 3.95. The zero-order chi connectivity index (χ0) is 17.8. The van der Waals surface area contributed by atoms with Crippen molar-refractivity contribution in [1.82, 2.24) is 0 Å². The second-order valence-electron chi connectivity index (χ2n) is 5.64. The van der Waals surface area contributed by atoms with Crippen LogP contribution in [-0.2, 0) is 0 Å². The molecule has 3 nitrogen and oxygen atoms in total. The molecule has 0 spiro atoms. The van der Waals surface area contributed by atoms with E-state index in [1.807, 2.05) is 25.1 Å². The van der Waals surface area contributed by atoms with Crippen molar-refractivity contribution in [3.63, 3.8) is 0 Å². The minimum absolute atomic E-state index is 0.252. The van der Waals surface area contributed by atoms with E-state index in [0.717, 1.165) is 5.56 Å². The summed E-state index contributed by atoms with van der Waals surface area (Å²) >= 11 is 6.03. The third-order valence-corrected chi connectivity index (χ3v) is 3.96. The predicted octanol–water partition coefficient (Wildman–Crippen LogP) is 5.28. The molecule has 3 aromatic carbocycles. The molecule has 0 saturated heterocycles. The van der Waals surface area contributed by atoms with E-state index in [1.54, 1.807) is 54.6 Å². The van der Waals surface area contributed by atoms with E-state index in [0.29, 0.717) is 27.5 Å². The summed E-state index contributed by atoms with van der Waals surface area (Å²) in [5.74, 6) is -0.103. The lowest BCUT2D eigenvalue weighted by molar-refractivity contribution is 0.0734. The van der Waals surface area contributed by atoms with Crippen molar-refractivity contribution >= 4 is 23.3 Å². The highest BCUT2D eigenvalue weighted by Gasteiger charge is 2.16. The zero-order valence-corrected chi connectivity index (χ0v) is 14.4. The average molecular weight is 350 g/mol. The van der Waals surface area contributed by atoms with Gasteiger partial charge in [0.1, 0.15) is 5.75 Å². The predicted molar refractivity (Wildman–Crippen MR) is 100.0 cm³/mol. The van der Waals surface area contributed by atoms with Gasteiger partial charge in [-0.3, -0.25) is 5.41 Å². The van der Waals surface area contributed by atoms with Gasteiger partial charge in [0.15, 0.2) is 0 Å². The number of hydrogen-bond donors (Lipinski definition) is 1. The van der Waals surface area contributed by atoms with Crippen molar-refractivity contribution in [3.8, 4) is 5.75 Å². The molecule has 0 aliphatic carbocycles. The maximum absolute atomic E-state index is 12.4. The normalized spacial score (nSPS) is 10.3. The fourth-order valence-corrected chi connectivity index (χ4v) is 2.65. The van der Waals surface area contributed by atoms with Gasteiger partial charge in [0, 0.05) is 16.1 Å². The molecule has 0 unspecified atom stereocenters. The van der Waals surface area contributed by atoms with Crippen molar-refractivity contribution in [2.45, 2.75) is 6.92 Å². The molecular weight excluding hydrogens is 334 g/mol. The van der Waals surface area contributed by atoms with E-state index < -0.39 is 5.97 Å². The summed E-state index contributed by atoms with van der Waals surface area (Å²) in [5, 5.41) is 9.06. The van der Waals surface area contributed by atoms with Gasteiger partial charge in [-0.2, -0.15) is 0 Å². The number of hydrogen-bond acceptors (Lipinski definition) is 3. The van der Waals surface area contributed by atoms with E-state index in [9.17, 15) is 4.79 Å². The SMILES string of the molecule is Cc1ccc(OC(=O)c2ccccc2)c(C(=N)c2cccc(Cl)c2)c1. The topological polar surface area (TPSA) is 50.2 Å². The van der Waals surface area contributed by atoms with Crippen molar-refractivity contribution in [1.29, 1.82) is 5.41 Å². The number of aryl methyl sites for hydroxylation is 1. The Morgan fingerprint density at radius 1 is 0.920 bits per heavy atom. The summed E-state index contributed by atoms with van der Waals surface area (Å²) in [7, 11) is 0. The number of halogens is 1. The van der Waals surface area contributed by atoms with Crippen molar-refractivity contribution in [2.75, 3.05) is 0 Å². The first-order valence-electron chi connectivity index (χ1n) is 7.77. The van der Waals surface area contributed by atoms with Crippen LogP contribution in [0.3, 0.4) is 0 Å². The molecule has 0 aliphatic rings. The Kier molecular flexibility index (Phi) is 4.96. The van der Waals surface area contributed by atoms with Crippen molar-refractivity contribution in [3.05, 3.63) is 100 Å². The van der Waals surface area contributed by atoms with Gasteiger partial charge in [-0.25, -0.2) is 4.79 Å². The largest absolute Gasteiger partial charge is 0.422 e. The molecule has 25 heavy (non-hydrogen) atoms. The molecule has 0 fully saturated rings. The summed E-state index contributed by atoms with van der Waals surface area (Å²) in [4.78, 5) is 12.4. The van der Waals surface area contributed by atoms with Crippen LogP contribution in [0.25, 0.3) is 0 Å². The number of benzene rings is 3. The van der Waals surface area contributed by atoms with E-state index in [4.69, 9.17) is 21.7 Å². The van der Waals surface area contributed by atoms with Gasteiger partial charge in [-0.15, -0.1) is 0 Å². The minimum Gasteiger partial charge on any atom is -0.422 e. The first kappa shape index (κ1) is 16.9. The third-order valence-electron chi connectivity index (χ3n) is 3.73. The molecular formula is C21H16ClNO2. The number of ether oxygens (including phenoxy) is 1. The van der Waals surface area contributed by atoms with E-state index in [2.05, 4.69) is 0 Å². The van der Waals surface area contributed by atoms with Crippen LogP contribution in [0, 0.1) is 12.3 Å².